The molecule has 1 rings (SSSR count). The van der Waals surface area contributed by atoms with E-state index in [0.717, 1.165) is 6.42 Å². The second-order valence-corrected chi connectivity index (χ2v) is 6.09. The fourth-order valence-electron chi connectivity index (χ4n) is 1.45. The number of aliphatic hydroxyl groups excluding tert-OH is 1. The zero-order valence-electron chi connectivity index (χ0n) is 11.3. The van der Waals surface area contributed by atoms with Crippen LogP contribution in [0.15, 0.2) is 18.2 Å². The molecular weight excluding hydrogens is 281 g/mol. The molecule has 0 saturated carbocycles. The van der Waals surface area contributed by atoms with Crippen LogP contribution in [0.1, 0.15) is 31.7 Å². The fraction of sp³-hybridized carbons (Fsp3) is 0.429. The average molecular weight is 299 g/mol. The van der Waals surface area contributed by atoms with E-state index in [0.29, 0.717) is 18.4 Å². The summed E-state index contributed by atoms with van der Waals surface area (Å²) in [6, 6.07) is 4.05. The highest BCUT2D eigenvalue weighted by Gasteiger charge is 2.12. The Kier molecular flexibility index (Phi) is 6.49. The lowest BCUT2D eigenvalue weighted by molar-refractivity contribution is 0.305. The SMILES string of the molecule is CCCCS(=O)(=O)Nc1ccc(C#CCCO)cc1F. The normalized spacial score (nSPS) is 10.8. The summed E-state index contributed by atoms with van der Waals surface area (Å²) in [6.45, 7) is 1.83. The van der Waals surface area contributed by atoms with E-state index in [9.17, 15) is 12.8 Å². The molecule has 0 saturated heterocycles. The number of hydrogen-bond donors (Lipinski definition) is 2. The van der Waals surface area contributed by atoms with Crippen LogP contribution in [0.5, 0.6) is 0 Å². The molecular formula is C14H18FNO3S. The molecule has 0 unspecified atom stereocenters. The number of anilines is 1. The minimum Gasteiger partial charge on any atom is -0.395 e. The van der Waals surface area contributed by atoms with E-state index >= 15 is 0 Å². The van der Waals surface area contributed by atoms with E-state index < -0.39 is 15.8 Å². The minimum atomic E-state index is -3.51. The summed E-state index contributed by atoms with van der Waals surface area (Å²) in [7, 11) is -3.51. The van der Waals surface area contributed by atoms with Crippen molar-refractivity contribution in [1.29, 1.82) is 0 Å². The Morgan fingerprint density at radius 2 is 2.15 bits per heavy atom. The summed E-state index contributed by atoms with van der Waals surface area (Å²) in [5.74, 6) is 4.66. The van der Waals surface area contributed by atoms with Crippen molar-refractivity contribution < 1.29 is 17.9 Å². The molecule has 1 aromatic rings. The molecule has 0 spiro atoms. The molecule has 1 aromatic carbocycles. The van der Waals surface area contributed by atoms with Gasteiger partial charge < -0.3 is 5.11 Å². The summed E-state index contributed by atoms with van der Waals surface area (Å²) in [6.07, 6.45) is 1.59. The van der Waals surface area contributed by atoms with Gasteiger partial charge in [-0.1, -0.05) is 25.2 Å². The third-order valence-corrected chi connectivity index (χ3v) is 3.83. The Morgan fingerprint density at radius 1 is 1.40 bits per heavy atom. The molecule has 0 fully saturated rings. The third kappa shape index (κ3) is 5.59. The van der Waals surface area contributed by atoms with Gasteiger partial charge in [-0.3, -0.25) is 4.72 Å². The number of hydrogen-bond acceptors (Lipinski definition) is 3. The number of halogens is 1. The highest BCUT2D eigenvalue weighted by molar-refractivity contribution is 7.92. The summed E-state index contributed by atoms with van der Waals surface area (Å²) in [4.78, 5) is 0. The van der Waals surface area contributed by atoms with Crippen LogP contribution >= 0.6 is 0 Å². The summed E-state index contributed by atoms with van der Waals surface area (Å²) in [5, 5.41) is 8.59. The van der Waals surface area contributed by atoms with Gasteiger partial charge in [0.1, 0.15) is 5.82 Å². The van der Waals surface area contributed by atoms with E-state index in [4.69, 9.17) is 5.11 Å². The highest BCUT2D eigenvalue weighted by atomic mass is 32.2. The first-order chi connectivity index (χ1) is 9.48. The molecule has 2 N–H and O–H groups in total. The maximum absolute atomic E-state index is 13.8. The van der Waals surface area contributed by atoms with E-state index in [1.165, 1.54) is 18.2 Å². The number of nitrogens with one attached hydrogen (secondary N) is 1. The molecule has 20 heavy (non-hydrogen) atoms. The Hall–Kier alpha value is -1.58. The van der Waals surface area contributed by atoms with Crippen molar-refractivity contribution in [2.75, 3.05) is 17.1 Å². The summed E-state index contributed by atoms with van der Waals surface area (Å²) >= 11 is 0. The van der Waals surface area contributed by atoms with Crippen LogP contribution in [-0.2, 0) is 10.0 Å². The molecule has 0 heterocycles. The van der Waals surface area contributed by atoms with Crippen molar-refractivity contribution in [3.05, 3.63) is 29.6 Å². The lowest BCUT2D eigenvalue weighted by Gasteiger charge is -2.08. The number of sulfonamides is 1. The van der Waals surface area contributed by atoms with Gasteiger partial charge in [-0.15, -0.1) is 0 Å². The lowest BCUT2D eigenvalue weighted by atomic mass is 10.2. The Bertz CT molecular complexity index is 603. The van der Waals surface area contributed by atoms with Crippen LogP contribution in [-0.4, -0.2) is 25.9 Å². The van der Waals surface area contributed by atoms with Crippen molar-refractivity contribution in [3.8, 4) is 11.8 Å². The van der Waals surface area contributed by atoms with Crippen LogP contribution in [0.25, 0.3) is 0 Å². The van der Waals surface area contributed by atoms with E-state index in [1.54, 1.807) is 0 Å². The molecule has 0 aromatic heterocycles. The second-order valence-electron chi connectivity index (χ2n) is 4.24. The van der Waals surface area contributed by atoms with Gasteiger partial charge in [0.2, 0.25) is 10.0 Å². The molecule has 0 aliphatic heterocycles. The van der Waals surface area contributed by atoms with Gasteiger partial charge in [0, 0.05) is 12.0 Å². The topological polar surface area (TPSA) is 66.4 Å². The standard InChI is InChI=1S/C14H18FNO3S/c1-2-3-10-20(18,19)16-14-8-7-12(11-13(14)15)6-4-5-9-17/h7-8,11,16-17H,2-3,5,9-10H2,1H3. The number of aliphatic hydroxyl groups is 1. The molecule has 110 valence electrons. The Labute approximate surface area is 119 Å². The van der Waals surface area contributed by atoms with Crippen molar-refractivity contribution in [2.45, 2.75) is 26.2 Å². The predicted molar refractivity (Wildman–Crippen MR) is 77.3 cm³/mol. The Balaban J connectivity index is 2.81. The minimum absolute atomic E-state index is 0.0268. The molecule has 0 atom stereocenters. The first kappa shape index (κ1) is 16.5. The first-order valence-corrected chi connectivity index (χ1v) is 8.03. The maximum atomic E-state index is 13.8. The molecule has 0 bridgehead atoms. The van der Waals surface area contributed by atoms with Gasteiger partial charge in [-0.05, 0) is 24.6 Å². The zero-order chi connectivity index (χ0) is 15.0. The van der Waals surface area contributed by atoms with E-state index in [2.05, 4.69) is 16.6 Å². The van der Waals surface area contributed by atoms with Crippen molar-refractivity contribution in [2.24, 2.45) is 0 Å². The summed E-state index contributed by atoms with van der Waals surface area (Å²) in [5.41, 5.74) is 0.362. The quantitative estimate of drug-likeness (QED) is 0.791. The van der Waals surface area contributed by atoms with Gasteiger partial charge >= 0.3 is 0 Å². The third-order valence-electron chi connectivity index (χ3n) is 2.47. The van der Waals surface area contributed by atoms with Gasteiger partial charge in [0.15, 0.2) is 0 Å². The van der Waals surface area contributed by atoms with Crippen LogP contribution in [0.3, 0.4) is 0 Å². The van der Waals surface area contributed by atoms with Crippen LogP contribution < -0.4 is 4.72 Å². The molecule has 0 aliphatic carbocycles. The van der Waals surface area contributed by atoms with Gasteiger partial charge in [-0.2, -0.15) is 0 Å². The zero-order valence-corrected chi connectivity index (χ0v) is 12.1. The highest BCUT2D eigenvalue weighted by Crippen LogP contribution is 2.17. The lowest BCUT2D eigenvalue weighted by Crippen LogP contribution is -2.17. The van der Waals surface area contributed by atoms with E-state index in [-0.39, 0.29) is 18.0 Å². The van der Waals surface area contributed by atoms with Crippen molar-refractivity contribution in [1.82, 2.24) is 0 Å². The largest absolute Gasteiger partial charge is 0.395 e. The predicted octanol–water partition coefficient (Wildman–Crippen LogP) is 2.10. The number of benzene rings is 1. The molecule has 0 amide bonds. The van der Waals surface area contributed by atoms with Crippen molar-refractivity contribution >= 4 is 15.7 Å². The van der Waals surface area contributed by atoms with E-state index in [1.807, 2.05) is 6.92 Å². The molecule has 6 heteroatoms. The van der Waals surface area contributed by atoms with Gasteiger partial charge in [0.25, 0.3) is 0 Å². The number of rotatable bonds is 6. The second kappa shape index (κ2) is 7.88. The van der Waals surface area contributed by atoms with Crippen LogP contribution in [0.4, 0.5) is 10.1 Å². The molecule has 4 nitrogen and oxygen atoms in total. The van der Waals surface area contributed by atoms with Gasteiger partial charge in [0.05, 0.1) is 18.0 Å². The monoisotopic (exact) mass is 299 g/mol. The van der Waals surface area contributed by atoms with Gasteiger partial charge in [-0.25, -0.2) is 12.8 Å². The summed E-state index contributed by atoms with van der Waals surface area (Å²) < 4.78 is 39.3. The number of unbranched alkanes of at least 4 members (excludes halogenated alkanes) is 1. The van der Waals surface area contributed by atoms with Crippen LogP contribution in [0.2, 0.25) is 0 Å². The fourth-order valence-corrected chi connectivity index (χ4v) is 2.72. The smallest absolute Gasteiger partial charge is 0.232 e. The Morgan fingerprint density at radius 3 is 2.75 bits per heavy atom. The average Bonchev–Trinajstić information content (AvgIpc) is 2.40. The van der Waals surface area contributed by atoms with Crippen LogP contribution in [0, 0.1) is 17.7 Å². The molecule has 0 radical (unpaired) electrons. The molecule has 0 aliphatic rings. The maximum Gasteiger partial charge on any atom is 0.232 e. The first-order valence-electron chi connectivity index (χ1n) is 6.38. The van der Waals surface area contributed by atoms with Crippen molar-refractivity contribution in [3.63, 3.8) is 0 Å².